The molecule has 0 unspecified atom stereocenters. The maximum absolute atomic E-state index is 12.8. The highest BCUT2D eigenvalue weighted by atomic mass is 32.1. The zero-order valence-electron chi connectivity index (χ0n) is 12.8. The second-order valence-corrected chi connectivity index (χ2v) is 5.86. The van der Waals surface area contributed by atoms with E-state index in [0.717, 1.165) is 15.3 Å². The van der Waals surface area contributed by atoms with Crippen molar-refractivity contribution in [3.05, 3.63) is 39.1 Å². The summed E-state index contributed by atoms with van der Waals surface area (Å²) in [4.78, 5) is 14.6. The second kappa shape index (κ2) is 6.18. The Kier molecular flexibility index (Phi) is 4.53. The molecule has 0 amide bonds. The lowest BCUT2D eigenvalue weighted by molar-refractivity contribution is 0.103. The van der Waals surface area contributed by atoms with Crippen molar-refractivity contribution in [1.29, 1.82) is 0 Å². The molecule has 0 aliphatic heterocycles. The Morgan fingerprint density at radius 1 is 0.905 bits per heavy atom. The average molecular weight is 306 g/mol. The van der Waals surface area contributed by atoms with Crippen LogP contribution in [0.3, 0.4) is 0 Å². The lowest BCUT2D eigenvalue weighted by Gasteiger charge is -2.13. The first-order chi connectivity index (χ1) is 10.0. The largest absolute Gasteiger partial charge is 0.496 e. The molecule has 0 atom stereocenters. The predicted octanol–water partition coefficient (Wildman–Crippen LogP) is 3.62. The van der Waals surface area contributed by atoms with Gasteiger partial charge < -0.3 is 14.2 Å². The van der Waals surface area contributed by atoms with Crippen molar-refractivity contribution in [1.82, 2.24) is 0 Å². The molecule has 0 fully saturated rings. The smallest absolute Gasteiger partial charge is 0.207 e. The Morgan fingerprint density at radius 3 is 1.95 bits per heavy atom. The van der Waals surface area contributed by atoms with Crippen LogP contribution in [0.4, 0.5) is 0 Å². The number of carbonyl (C=O) groups excluding carboxylic acids is 1. The van der Waals surface area contributed by atoms with E-state index in [1.165, 1.54) is 18.4 Å². The summed E-state index contributed by atoms with van der Waals surface area (Å²) in [5.74, 6) is 1.45. The monoisotopic (exact) mass is 306 g/mol. The molecule has 0 N–H and O–H groups in total. The van der Waals surface area contributed by atoms with E-state index in [2.05, 4.69) is 0 Å². The Hall–Kier alpha value is -2.01. The highest BCUT2D eigenvalue weighted by Crippen LogP contribution is 2.37. The van der Waals surface area contributed by atoms with Gasteiger partial charge in [-0.05, 0) is 31.5 Å². The fourth-order valence-corrected chi connectivity index (χ4v) is 3.18. The van der Waals surface area contributed by atoms with Crippen LogP contribution in [-0.2, 0) is 0 Å². The van der Waals surface area contributed by atoms with Crippen molar-refractivity contribution < 1.29 is 19.0 Å². The normalized spacial score (nSPS) is 10.3. The van der Waals surface area contributed by atoms with Gasteiger partial charge in [-0.1, -0.05) is 0 Å². The zero-order valence-corrected chi connectivity index (χ0v) is 13.6. The standard InChI is InChI=1S/C16H18O4S/c1-9-6-10(2)21-16(9)15(17)11-7-13(19-4)14(20-5)8-12(11)18-3/h6-8H,1-5H3. The molecule has 0 aliphatic rings. The van der Waals surface area contributed by atoms with Crippen LogP contribution in [-0.4, -0.2) is 27.1 Å². The number of ketones is 1. The molecule has 0 bridgehead atoms. The molecule has 1 heterocycles. The number of aryl methyl sites for hydroxylation is 2. The van der Waals surface area contributed by atoms with Gasteiger partial charge in [0.2, 0.25) is 5.78 Å². The first kappa shape index (κ1) is 15.4. The Balaban J connectivity index is 2.56. The van der Waals surface area contributed by atoms with E-state index in [9.17, 15) is 4.79 Å². The third-order valence-corrected chi connectivity index (χ3v) is 4.35. The van der Waals surface area contributed by atoms with Crippen molar-refractivity contribution >= 4 is 17.1 Å². The number of hydrogen-bond donors (Lipinski definition) is 0. The van der Waals surface area contributed by atoms with E-state index in [4.69, 9.17) is 14.2 Å². The molecule has 0 saturated carbocycles. The average Bonchev–Trinajstić information content (AvgIpc) is 2.83. The summed E-state index contributed by atoms with van der Waals surface area (Å²) in [7, 11) is 4.62. The summed E-state index contributed by atoms with van der Waals surface area (Å²) in [6.45, 7) is 3.92. The summed E-state index contributed by atoms with van der Waals surface area (Å²) in [5, 5.41) is 0. The Bertz CT molecular complexity index is 673. The van der Waals surface area contributed by atoms with Crippen LogP contribution in [0.5, 0.6) is 17.2 Å². The summed E-state index contributed by atoms with van der Waals surface area (Å²) in [6, 6.07) is 5.33. The number of benzene rings is 1. The van der Waals surface area contributed by atoms with Crippen molar-refractivity contribution in [3.8, 4) is 17.2 Å². The number of ether oxygens (including phenoxy) is 3. The van der Waals surface area contributed by atoms with E-state index < -0.39 is 0 Å². The SMILES string of the molecule is COc1cc(OC)c(C(=O)c2sc(C)cc2C)cc1OC. The minimum atomic E-state index is -0.0663. The Morgan fingerprint density at radius 2 is 1.48 bits per heavy atom. The lowest BCUT2D eigenvalue weighted by Crippen LogP contribution is -2.05. The fourth-order valence-electron chi connectivity index (χ4n) is 2.20. The van der Waals surface area contributed by atoms with Gasteiger partial charge in [0.15, 0.2) is 11.5 Å². The van der Waals surface area contributed by atoms with E-state index in [1.807, 2.05) is 19.9 Å². The fraction of sp³-hybridized carbons (Fsp3) is 0.312. The number of rotatable bonds is 5. The van der Waals surface area contributed by atoms with E-state index in [-0.39, 0.29) is 5.78 Å². The second-order valence-electron chi connectivity index (χ2n) is 4.61. The van der Waals surface area contributed by atoms with Crippen LogP contribution < -0.4 is 14.2 Å². The maximum atomic E-state index is 12.8. The molecule has 0 radical (unpaired) electrons. The maximum Gasteiger partial charge on any atom is 0.207 e. The van der Waals surface area contributed by atoms with Gasteiger partial charge in [-0.15, -0.1) is 11.3 Å². The van der Waals surface area contributed by atoms with Crippen LogP contribution in [0.2, 0.25) is 0 Å². The predicted molar refractivity (Wildman–Crippen MR) is 83.3 cm³/mol. The minimum Gasteiger partial charge on any atom is -0.496 e. The number of carbonyl (C=O) groups is 1. The third-order valence-electron chi connectivity index (χ3n) is 3.20. The molecule has 1 aromatic heterocycles. The quantitative estimate of drug-likeness (QED) is 0.791. The molecule has 0 aliphatic carbocycles. The number of hydrogen-bond acceptors (Lipinski definition) is 5. The van der Waals surface area contributed by atoms with Gasteiger partial charge in [0.1, 0.15) is 5.75 Å². The highest BCUT2D eigenvalue weighted by Gasteiger charge is 2.21. The van der Waals surface area contributed by atoms with Crippen LogP contribution in [0, 0.1) is 13.8 Å². The number of methoxy groups -OCH3 is 3. The van der Waals surface area contributed by atoms with Gasteiger partial charge >= 0.3 is 0 Å². The highest BCUT2D eigenvalue weighted by molar-refractivity contribution is 7.14. The summed E-state index contributed by atoms with van der Waals surface area (Å²) in [5.41, 5.74) is 1.44. The molecule has 0 spiro atoms. The first-order valence-corrected chi connectivity index (χ1v) is 7.25. The van der Waals surface area contributed by atoms with Crippen molar-refractivity contribution in [2.24, 2.45) is 0 Å². The summed E-state index contributed by atoms with van der Waals surface area (Å²) < 4.78 is 15.8. The van der Waals surface area contributed by atoms with E-state index in [0.29, 0.717) is 22.8 Å². The molecule has 1 aromatic carbocycles. The van der Waals surface area contributed by atoms with Crippen molar-refractivity contribution in [2.75, 3.05) is 21.3 Å². The topological polar surface area (TPSA) is 44.8 Å². The third kappa shape index (κ3) is 2.88. The molecular weight excluding hydrogens is 288 g/mol. The summed E-state index contributed by atoms with van der Waals surface area (Å²) >= 11 is 1.48. The lowest BCUT2D eigenvalue weighted by atomic mass is 10.1. The summed E-state index contributed by atoms with van der Waals surface area (Å²) in [6.07, 6.45) is 0. The molecule has 2 rings (SSSR count). The van der Waals surface area contributed by atoms with Crippen molar-refractivity contribution in [2.45, 2.75) is 13.8 Å². The van der Waals surface area contributed by atoms with Gasteiger partial charge in [0, 0.05) is 10.9 Å². The van der Waals surface area contributed by atoms with Gasteiger partial charge in [-0.25, -0.2) is 0 Å². The van der Waals surface area contributed by atoms with Gasteiger partial charge in [0.05, 0.1) is 31.8 Å². The molecule has 112 valence electrons. The molecular formula is C16H18O4S. The van der Waals surface area contributed by atoms with Gasteiger partial charge in [-0.3, -0.25) is 4.79 Å². The van der Waals surface area contributed by atoms with Crippen LogP contribution in [0.1, 0.15) is 25.7 Å². The first-order valence-electron chi connectivity index (χ1n) is 6.43. The minimum absolute atomic E-state index is 0.0663. The van der Waals surface area contributed by atoms with Gasteiger partial charge in [0.25, 0.3) is 0 Å². The molecule has 5 heteroatoms. The Labute approximate surface area is 128 Å². The molecule has 21 heavy (non-hydrogen) atoms. The van der Waals surface area contributed by atoms with E-state index in [1.54, 1.807) is 26.4 Å². The van der Waals surface area contributed by atoms with Crippen molar-refractivity contribution in [3.63, 3.8) is 0 Å². The molecule has 2 aromatic rings. The molecule has 0 saturated heterocycles. The van der Waals surface area contributed by atoms with Crippen LogP contribution in [0.25, 0.3) is 0 Å². The van der Waals surface area contributed by atoms with Gasteiger partial charge in [-0.2, -0.15) is 0 Å². The molecule has 4 nitrogen and oxygen atoms in total. The zero-order chi connectivity index (χ0) is 15.6. The van der Waals surface area contributed by atoms with Crippen LogP contribution in [0.15, 0.2) is 18.2 Å². The number of thiophene rings is 1. The van der Waals surface area contributed by atoms with Crippen LogP contribution >= 0.6 is 11.3 Å². The van der Waals surface area contributed by atoms with E-state index >= 15 is 0 Å².